The highest BCUT2D eigenvalue weighted by atomic mass is 16.3. The van der Waals surface area contributed by atoms with Crippen LogP contribution in [0.4, 0.5) is 0 Å². The zero-order valence-electron chi connectivity index (χ0n) is 14.2. The molecule has 0 aliphatic carbocycles. The molecule has 2 heterocycles. The molecule has 0 saturated carbocycles. The lowest BCUT2D eigenvalue weighted by molar-refractivity contribution is 0.129. The summed E-state index contributed by atoms with van der Waals surface area (Å²) in [6, 6.07) is 12.7. The fourth-order valence-corrected chi connectivity index (χ4v) is 2.98. The molecule has 0 amide bonds. The minimum absolute atomic E-state index is 0.933. The number of nitrogens with zero attached hydrogens (tertiary/aromatic N) is 2. The fourth-order valence-electron chi connectivity index (χ4n) is 2.98. The largest absolute Gasteiger partial charge is 0.465 e. The molecule has 122 valence electrons. The average molecular weight is 310 g/mol. The maximum Gasteiger partial charge on any atom is 0.118 e. The van der Waals surface area contributed by atoms with Crippen molar-refractivity contribution in [3.63, 3.8) is 0 Å². The van der Waals surface area contributed by atoms with Crippen LogP contribution in [0.2, 0.25) is 0 Å². The van der Waals surface area contributed by atoms with Gasteiger partial charge in [-0.15, -0.1) is 0 Å². The van der Waals surface area contributed by atoms with Crippen LogP contribution in [0.5, 0.6) is 0 Å². The van der Waals surface area contributed by atoms with Gasteiger partial charge < -0.3 is 4.42 Å². The van der Waals surface area contributed by atoms with E-state index in [-0.39, 0.29) is 0 Å². The highest BCUT2D eigenvalue weighted by Crippen LogP contribution is 2.16. The number of piperazine rings is 1. The monoisotopic (exact) mass is 310 g/mol. The number of furan rings is 1. The zero-order chi connectivity index (χ0) is 16.1. The number of aryl methyl sites for hydroxylation is 2. The minimum Gasteiger partial charge on any atom is -0.465 e. The summed E-state index contributed by atoms with van der Waals surface area (Å²) in [5.41, 5.74) is 2.53. The Labute approximate surface area is 139 Å². The number of rotatable bonds is 5. The molecule has 0 bridgehead atoms. The predicted octanol–water partition coefficient (Wildman–Crippen LogP) is 3.73. The molecule has 0 N–H and O–H groups in total. The molecule has 3 heteroatoms. The van der Waals surface area contributed by atoms with Crippen molar-refractivity contribution >= 4 is 6.08 Å². The molecule has 3 rings (SSSR count). The van der Waals surface area contributed by atoms with Gasteiger partial charge in [0.05, 0.1) is 6.54 Å². The van der Waals surface area contributed by atoms with Gasteiger partial charge in [-0.2, -0.15) is 0 Å². The Kier molecular flexibility index (Phi) is 5.31. The average Bonchev–Trinajstić information content (AvgIpc) is 2.88. The molecule has 1 saturated heterocycles. The molecule has 0 spiro atoms. The summed E-state index contributed by atoms with van der Waals surface area (Å²) in [5, 5.41) is 0. The molecule has 0 atom stereocenters. The Bertz CT molecular complexity index is 617. The first-order chi connectivity index (χ1) is 11.2. The van der Waals surface area contributed by atoms with Crippen LogP contribution < -0.4 is 0 Å². The van der Waals surface area contributed by atoms with Crippen molar-refractivity contribution in [2.75, 3.05) is 32.7 Å². The summed E-state index contributed by atoms with van der Waals surface area (Å²) in [6.45, 7) is 10.6. The molecule has 1 aromatic heterocycles. The molecule has 3 nitrogen and oxygen atoms in total. The molecular weight excluding hydrogens is 284 g/mol. The van der Waals surface area contributed by atoms with Crippen molar-refractivity contribution < 1.29 is 4.42 Å². The summed E-state index contributed by atoms with van der Waals surface area (Å²) in [7, 11) is 0. The van der Waals surface area contributed by atoms with Gasteiger partial charge in [0.2, 0.25) is 0 Å². The quantitative estimate of drug-likeness (QED) is 0.839. The Hall–Kier alpha value is -1.84. The van der Waals surface area contributed by atoms with E-state index in [4.69, 9.17) is 4.42 Å². The third-order valence-electron chi connectivity index (χ3n) is 4.53. The lowest BCUT2D eigenvalue weighted by atomic mass is 10.2. The smallest absolute Gasteiger partial charge is 0.118 e. The number of benzene rings is 1. The van der Waals surface area contributed by atoms with Crippen molar-refractivity contribution in [2.45, 2.75) is 20.4 Å². The zero-order valence-corrected chi connectivity index (χ0v) is 14.2. The van der Waals surface area contributed by atoms with Crippen LogP contribution in [0.15, 0.2) is 46.9 Å². The topological polar surface area (TPSA) is 19.6 Å². The van der Waals surface area contributed by atoms with Crippen LogP contribution in [0.3, 0.4) is 0 Å². The number of hydrogen-bond donors (Lipinski definition) is 0. The minimum atomic E-state index is 0.933. The summed E-state index contributed by atoms with van der Waals surface area (Å²) in [6.07, 6.45) is 4.48. The molecule has 0 unspecified atom stereocenters. The van der Waals surface area contributed by atoms with Crippen molar-refractivity contribution in [2.24, 2.45) is 0 Å². The van der Waals surface area contributed by atoms with Crippen molar-refractivity contribution in [1.29, 1.82) is 0 Å². The second-order valence-electron chi connectivity index (χ2n) is 6.34. The van der Waals surface area contributed by atoms with E-state index in [2.05, 4.69) is 65.3 Å². The van der Waals surface area contributed by atoms with Gasteiger partial charge in [-0.25, -0.2) is 0 Å². The van der Waals surface area contributed by atoms with Crippen LogP contribution >= 0.6 is 0 Å². The van der Waals surface area contributed by atoms with Gasteiger partial charge in [0.1, 0.15) is 11.5 Å². The predicted molar refractivity (Wildman–Crippen MR) is 95.4 cm³/mol. The van der Waals surface area contributed by atoms with Gasteiger partial charge in [-0.1, -0.05) is 42.5 Å². The van der Waals surface area contributed by atoms with Gasteiger partial charge in [0, 0.05) is 32.7 Å². The molecule has 1 aromatic carbocycles. The van der Waals surface area contributed by atoms with Crippen LogP contribution in [0.25, 0.3) is 6.08 Å². The first kappa shape index (κ1) is 16.0. The van der Waals surface area contributed by atoms with Crippen molar-refractivity contribution in [3.05, 3.63) is 65.1 Å². The van der Waals surface area contributed by atoms with Gasteiger partial charge in [0.15, 0.2) is 0 Å². The second-order valence-corrected chi connectivity index (χ2v) is 6.34. The highest BCUT2D eigenvalue weighted by molar-refractivity contribution is 5.48. The van der Waals surface area contributed by atoms with E-state index in [0.717, 1.165) is 50.8 Å². The standard InChI is InChI=1S/C20H26N2O/c1-17-15-20(23-18(17)2)16-22-13-11-21(12-14-22)10-6-9-19-7-4-3-5-8-19/h3-9,15H,10-14,16H2,1-2H3. The maximum atomic E-state index is 5.79. The summed E-state index contributed by atoms with van der Waals surface area (Å²) in [5.74, 6) is 2.14. The van der Waals surface area contributed by atoms with Crippen LogP contribution in [-0.2, 0) is 6.54 Å². The first-order valence-electron chi connectivity index (χ1n) is 8.43. The van der Waals surface area contributed by atoms with Gasteiger partial charge in [0.25, 0.3) is 0 Å². The van der Waals surface area contributed by atoms with E-state index >= 15 is 0 Å². The first-order valence-corrected chi connectivity index (χ1v) is 8.43. The summed E-state index contributed by atoms with van der Waals surface area (Å²) >= 11 is 0. The molecule has 1 aliphatic rings. The maximum absolute atomic E-state index is 5.79. The van der Waals surface area contributed by atoms with Gasteiger partial charge in [-0.3, -0.25) is 9.80 Å². The van der Waals surface area contributed by atoms with Gasteiger partial charge in [-0.05, 0) is 31.0 Å². The Balaban J connectivity index is 1.42. The highest BCUT2D eigenvalue weighted by Gasteiger charge is 2.17. The Morgan fingerprint density at radius 1 is 1.00 bits per heavy atom. The Morgan fingerprint density at radius 3 is 2.35 bits per heavy atom. The van der Waals surface area contributed by atoms with E-state index in [1.807, 2.05) is 6.92 Å². The normalized spacial score (nSPS) is 17.1. The fraction of sp³-hybridized carbons (Fsp3) is 0.400. The van der Waals surface area contributed by atoms with Crippen LogP contribution in [0.1, 0.15) is 22.6 Å². The van der Waals surface area contributed by atoms with Crippen molar-refractivity contribution in [3.8, 4) is 0 Å². The summed E-state index contributed by atoms with van der Waals surface area (Å²) in [4.78, 5) is 4.99. The molecule has 1 fully saturated rings. The van der Waals surface area contributed by atoms with Crippen LogP contribution in [-0.4, -0.2) is 42.5 Å². The van der Waals surface area contributed by atoms with E-state index in [1.54, 1.807) is 0 Å². The van der Waals surface area contributed by atoms with Crippen LogP contribution in [0, 0.1) is 13.8 Å². The lowest BCUT2D eigenvalue weighted by Gasteiger charge is -2.33. The lowest BCUT2D eigenvalue weighted by Crippen LogP contribution is -2.45. The van der Waals surface area contributed by atoms with E-state index in [9.17, 15) is 0 Å². The van der Waals surface area contributed by atoms with E-state index < -0.39 is 0 Å². The third-order valence-corrected chi connectivity index (χ3v) is 4.53. The molecule has 23 heavy (non-hydrogen) atoms. The van der Waals surface area contributed by atoms with Gasteiger partial charge >= 0.3 is 0 Å². The van der Waals surface area contributed by atoms with E-state index in [1.165, 1.54) is 11.1 Å². The van der Waals surface area contributed by atoms with E-state index in [0.29, 0.717) is 0 Å². The van der Waals surface area contributed by atoms with Crippen molar-refractivity contribution in [1.82, 2.24) is 9.80 Å². The molecule has 1 aliphatic heterocycles. The third kappa shape index (κ3) is 4.57. The Morgan fingerprint density at radius 2 is 1.70 bits per heavy atom. The molecule has 2 aromatic rings. The number of hydrogen-bond acceptors (Lipinski definition) is 3. The SMILES string of the molecule is Cc1cc(CN2CCN(CC=Cc3ccccc3)CC2)oc1C. The molecular formula is C20H26N2O. The molecule has 0 radical (unpaired) electrons. The summed E-state index contributed by atoms with van der Waals surface area (Å²) < 4.78 is 5.79. The second kappa shape index (κ2) is 7.62.